The first-order valence-corrected chi connectivity index (χ1v) is 20.9. The molecular formula is C42H80O7. The first kappa shape index (κ1) is 47.4. The van der Waals surface area contributed by atoms with E-state index in [9.17, 15) is 14.4 Å². The lowest BCUT2D eigenvalue weighted by molar-refractivity contribution is -0.167. The van der Waals surface area contributed by atoms with Crippen LogP contribution >= 0.6 is 0 Å². The normalized spacial score (nSPS) is 11.7. The third kappa shape index (κ3) is 36.0. The first-order chi connectivity index (χ1) is 23.7. The van der Waals surface area contributed by atoms with Crippen molar-refractivity contribution in [2.75, 3.05) is 13.2 Å². The molecule has 0 aromatic carbocycles. The zero-order chi connectivity index (χ0) is 36.3. The molecule has 0 saturated heterocycles. The number of ether oxygens (including phenoxy) is 3. The summed E-state index contributed by atoms with van der Waals surface area (Å²) in [5, 5.41) is 9.01. The molecule has 7 heteroatoms. The van der Waals surface area contributed by atoms with E-state index in [0.29, 0.717) is 25.7 Å². The summed E-state index contributed by atoms with van der Waals surface area (Å²) in [6, 6.07) is 0. The minimum Gasteiger partial charge on any atom is -0.481 e. The number of unbranched alkanes of at least 4 members (excludes halogenated alkanes) is 24. The molecule has 0 spiro atoms. The zero-order valence-corrected chi connectivity index (χ0v) is 32.8. The topological polar surface area (TPSA) is 99.1 Å². The van der Waals surface area contributed by atoms with Gasteiger partial charge in [0, 0.05) is 19.3 Å². The number of carbonyl (C=O) groups excluding carboxylic acids is 2. The van der Waals surface area contributed by atoms with Crippen LogP contribution in [0.1, 0.15) is 227 Å². The molecule has 0 aliphatic rings. The van der Waals surface area contributed by atoms with Crippen LogP contribution in [-0.2, 0) is 28.6 Å². The average molecular weight is 697 g/mol. The number of carboxylic acid groups (broad SMARTS) is 1. The van der Waals surface area contributed by atoms with Gasteiger partial charge in [0.15, 0.2) is 0 Å². The number of hydrogen-bond acceptors (Lipinski definition) is 6. The lowest BCUT2D eigenvalue weighted by Crippen LogP contribution is -2.37. The van der Waals surface area contributed by atoms with Gasteiger partial charge in [-0.25, -0.2) is 0 Å². The summed E-state index contributed by atoms with van der Waals surface area (Å²) >= 11 is 0. The third-order valence-electron chi connectivity index (χ3n) is 9.48. The molecule has 0 unspecified atom stereocenters. The lowest BCUT2D eigenvalue weighted by Gasteiger charge is -2.30. The molecule has 0 heterocycles. The number of carboxylic acids is 1. The highest BCUT2D eigenvalue weighted by atomic mass is 16.6. The molecule has 1 N–H and O–H groups in total. The Kier molecular flexibility index (Phi) is 33.6. The number of rotatable bonds is 38. The van der Waals surface area contributed by atoms with Crippen molar-refractivity contribution in [3.05, 3.63) is 0 Å². The summed E-state index contributed by atoms with van der Waals surface area (Å²) in [6.45, 7) is 8.35. The van der Waals surface area contributed by atoms with Gasteiger partial charge in [-0.3, -0.25) is 14.4 Å². The molecule has 0 aliphatic heterocycles. The van der Waals surface area contributed by atoms with E-state index >= 15 is 0 Å². The summed E-state index contributed by atoms with van der Waals surface area (Å²) in [4.78, 5) is 36.0. The van der Waals surface area contributed by atoms with Gasteiger partial charge in [-0.05, 0) is 39.5 Å². The maximum atomic E-state index is 12.5. The van der Waals surface area contributed by atoms with Gasteiger partial charge in [0.25, 0.3) is 0 Å². The minimum atomic E-state index is -0.837. The molecule has 0 amide bonds. The highest BCUT2D eigenvalue weighted by Gasteiger charge is 2.26. The number of hydrogen-bond donors (Lipinski definition) is 1. The first-order valence-electron chi connectivity index (χ1n) is 20.9. The third-order valence-corrected chi connectivity index (χ3v) is 9.48. The minimum absolute atomic E-state index is 0.0195. The van der Waals surface area contributed by atoms with Crippen molar-refractivity contribution < 1.29 is 33.7 Å². The summed E-state index contributed by atoms with van der Waals surface area (Å²) in [7, 11) is 0. The molecule has 0 radical (unpaired) electrons. The van der Waals surface area contributed by atoms with Crippen molar-refractivity contribution >= 4 is 17.9 Å². The fourth-order valence-electron chi connectivity index (χ4n) is 6.38. The molecule has 49 heavy (non-hydrogen) atoms. The van der Waals surface area contributed by atoms with Crippen molar-refractivity contribution in [2.45, 2.75) is 238 Å². The summed E-state index contributed by atoms with van der Waals surface area (Å²) in [5.41, 5.74) is -0.636. The molecule has 0 aromatic rings. The largest absolute Gasteiger partial charge is 0.481 e. The van der Waals surface area contributed by atoms with Crippen LogP contribution in [0.25, 0.3) is 0 Å². The Balaban J connectivity index is 4.25. The van der Waals surface area contributed by atoms with Crippen LogP contribution in [0.15, 0.2) is 0 Å². The molecule has 0 fully saturated rings. The Bertz CT molecular complexity index is 720. The van der Waals surface area contributed by atoms with E-state index < -0.39 is 17.7 Å². The van der Waals surface area contributed by atoms with Crippen LogP contribution in [0.2, 0.25) is 0 Å². The Morgan fingerprint density at radius 2 is 0.776 bits per heavy atom. The molecule has 0 atom stereocenters. The fourth-order valence-corrected chi connectivity index (χ4v) is 6.38. The van der Waals surface area contributed by atoms with Gasteiger partial charge in [-0.15, -0.1) is 0 Å². The molecule has 0 saturated carbocycles. The standard InChI is InChI=1S/C42H80O7/c1-5-7-9-11-13-15-17-19-21-23-25-27-29-33-40(45)47-36-38(49-42(3,4)35-31-32-39(43)44)37-48-41(46)34-30-28-26-24-22-20-18-16-14-12-10-8-6-2/h38H,5-37H2,1-4H3,(H,43,44). The number of carbonyl (C=O) groups is 3. The quantitative estimate of drug-likeness (QED) is 0.0506. The van der Waals surface area contributed by atoms with Crippen LogP contribution in [0.3, 0.4) is 0 Å². The van der Waals surface area contributed by atoms with Crippen molar-refractivity contribution in [1.29, 1.82) is 0 Å². The predicted molar refractivity (Wildman–Crippen MR) is 203 cm³/mol. The van der Waals surface area contributed by atoms with Gasteiger partial charge >= 0.3 is 17.9 Å². The summed E-state index contributed by atoms with van der Waals surface area (Å²) < 4.78 is 17.3. The van der Waals surface area contributed by atoms with E-state index in [1.165, 1.54) is 128 Å². The monoisotopic (exact) mass is 697 g/mol. The molecule has 290 valence electrons. The smallest absolute Gasteiger partial charge is 0.305 e. The van der Waals surface area contributed by atoms with Crippen molar-refractivity contribution in [2.24, 2.45) is 0 Å². The Hall–Kier alpha value is -1.63. The molecule has 0 aromatic heterocycles. The van der Waals surface area contributed by atoms with Gasteiger partial charge < -0.3 is 19.3 Å². The average Bonchev–Trinajstić information content (AvgIpc) is 3.06. The molecular weight excluding hydrogens is 616 g/mol. The Morgan fingerprint density at radius 3 is 1.08 bits per heavy atom. The van der Waals surface area contributed by atoms with Crippen LogP contribution < -0.4 is 0 Å². The number of esters is 2. The van der Waals surface area contributed by atoms with Gasteiger partial charge in [0.1, 0.15) is 19.3 Å². The van der Waals surface area contributed by atoms with E-state index in [1.807, 2.05) is 13.8 Å². The van der Waals surface area contributed by atoms with Crippen LogP contribution in [-0.4, -0.2) is 47.9 Å². The Morgan fingerprint density at radius 1 is 0.469 bits per heavy atom. The molecule has 0 aliphatic carbocycles. The second kappa shape index (κ2) is 34.8. The maximum absolute atomic E-state index is 12.5. The van der Waals surface area contributed by atoms with E-state index in [0.717, 1.165) is 38.5 Å². The van der Waals surface area contributed by atoms with Gasteiger partial charge in [-0.1, -0.05) is 168 Å². The Labute approximate surface area is 302 Å². The van der Waals surface area contributed by atoms with E-state index in [4.69, 9.17) is 19.3 Å². The second-order valence-corrected chi connectivity index (χ2v) is 15.1. The van der Waals surface area contributed by atoms with Crippen molar-refractivity contribution in [3.63, 3.8) is 0 Å². The molecule has 7 nitrogen and oxygen atoms in total. The van der Waals surface area contributed by atoms with E-state index in [-0.39, 0.29) is 31.6 Å². The van der Waals surface area contributed by atoms with Crippen molar-refractivity contribution in [1.82, 2.24) is 0 Å². The SMILES string of the molecule is CCCCCCCCCCCCCCCC(=O)OCC(COC(=O)CCCCCCCCCCCCCCC)OC(C)(C)CCCC(=O)O. The van der Waals surface area contributed by atoms with E-state index in [2.05, 4.69) is 13.8 Å². The lowest BCUT2D eigenvalue weighted by atomic mass is 10.0. The zero-order valence-electron chi connectivity index (χ0n) is 32.8. The van der Waals surface area contributed by atoms with Gasteiger partial charge in [0.05, 0.1) is 5.60 Å². The highest BCUT2D eigenvalue weighted by molar-refractivity contribution is 5.69. The fraction of sp³-hybridized carbons (Fsp3) is 0.929. The second-order valence-electron chi connectivity index (χ2n) is 15.1. The van der Waals surface area contributed by atoms with Gasteiger partial charge in [0.2, 0.25) is 0 Å². The highest BCUT2D eigenvalue weighted by Crippen LogP contribution is 2.21. The number of aliphatic carboxylic acids is 1. The van der Waals surface area contributed by atoms with Crippen molar-refractivity contribution in [3.8, 4) is 0 Å². The summed E-state index contributed by atoms with van der Waals surface area (Å²) in [6.07, 6.45) is 33.9. The summed E-state index contributed by atoms with van der Waals surface area (Å²) in [5.74, 6) is -1.34. The van der Waals surface area contributed by atoms with Gasteiger partial charge in [-0.2, -0.15) is 0 Å². The maximum Gasteiger partial charge on any atom is 0.305 e. The molecule has 0 bridgehead atoms. The van der Waals surface area contributed by atoms with Crippen LogP contribution in [0, 0.1) is 0 Å². The van der Waals surface area contributed by atoms with E-state index in [1.54, 1.807) is 0 Å². The van der Waals surface area contributed by atoms with Crippen LogP contribution in [0.5, 0.6) is 0 Å². The van der Waals surface area contributed by atoms with Crippen LogP contribution in [0.4, 0.5) is 0 Å². The molecule has 0 rings (SSSR count). The predicted octanol–water partition coefficient (Wildman–Crippen LogP) is 12.5.